The molecule has 0 radical (unpaired) electrons. The Labute approximate surface area is 173 Å². The second-order valence-corrected chi connectivity index (χ2v) is 6.27. The Balaban J connectivity index is 1.81. The molecule has 8 heteroatoms. The van der Waals surface area contributed by atoms with Crippen LogP contribution in [0.2, 0.25) is 0 Å². The monoisotopic (exact) mass is 405 g/mol. The molecule has 0 saturated heterocycles. The summed E-state index contributed by atoms with van der Waals surface area (Å²) in [6.45, 7) is 4.04. The van der Waals surface area contributed by atoms with Crippen LogP contribution in [0.3, 0.4) is 0 Å². The lowest BCUT2D eigenvalue weighted by atomic mass is 10.1. The molecule has 3 aromatic rings. The van der Waals surface area contributed by atoms with Crippen LogP contribution < -0.4 is 9.47 Å². The van der Waals surface area contributed by atoms with Gasteiger partial charge in [-0.15, -0.1) is 0 Å². The maximum absolute atomic E-state index is 11.1. The highest BCUT2D eigenvalue weighted by molar-refractivity contribution is 5.72. The highest BCUT2D eigenvalue weighted by Crippen LogP contribution is 2.31. The van der Waals surface area contributed by atoms with Crippen molar-refractivity contribution >= 4 is 17.8 Å². The van der Waals surface area contributed by atoms with Gasteiger partial charge in [-0.05, 0) is 43.7 Å². The lowest BCUT2D eigenvalue weighted by Crippen LogP contribution is -2.01. The molecule has 0 spiro atoms. The van der Waals surface area contributed by atoms with Crippen LogP contribution in [0.4, 0.5) is 5.69 Å². The van der Waals surface area contributed by atoms with Gasteiger partial charge in [-0.25, -0.2) is 0 Å². The number of hydrogen-bond donors (Lipinski definition) is 0. The average molecular weight is 405 g/mol. The van der Waals surface area contributed by atoms with E-state index in [1.54, 1.807) is 36.4 Å². The number of aromatic nitrogens is 1. The first kappa shape index (κ1) is 20.6. The van der Waals surface area contributed by atoms with Crippen molar-refractivity contribution in [1.29, 1.82) is 5.26 Å². The fourth-order valence-electron chi connectivity index (χ4n) is 2.81. The van der Waals surface area contributed by atoms with Crippen LogP contribution in [0.15, 0.2) is 47.0 Å². The van der Waals surface area contributed by atoms with Gasteiger partial charge in [0.25, 0.3) is 0 Å². The smallest absolute Gasteiger partial charge is 0.338 e. The summed E-state index contributed by atoms with van der Waals surface area (Å²) in [5.41, 5.74) is 2.13. The van der Waals surface area contributed by atoms with Crippen molar-refractivity contribution in [3.63, 3.8) is 0 Å². The molecular weight excluding hydrogens is 386 g/mol. The highest BCUT2D eigenvalue weighted by atomic mass is 16.6. The Morgan fingerprint density at radius 2 is 2.00 bits per heavy atom. The van der Waals surface area contributed by atoms with Gasteiger partial charge in [0.15, 0.2) is 17.2 Å². The van der Waals surface area contributed by atoms with Gasteiger partial charge in [0, 0.05) is 5.56 Å². The molecule has 0 amide bonds. The summed E-state index contributed by atoms with van der Waals surface area (Å²) in [7, 11) is 0. The average Bonchev–Trinajstić information content (AvgIpc) is 3.12. The minimum Gasteiger partial charge on any atom is -0.490 e. The summed E-state index contributed by atoms with van der Waals surface area (Å²) in [6, 6.07) is 14.7. The number of hydrogen-bond acceptors (Lipinski definition) is 7. The van der Waals surface area contributed by atoms with Crippen LogP contribution >= 0.6 is 0 Å². The van der Waals surface area contributed by atoms with Crippen molar-refractivity contribution in [2.75, 3.05) is 6.61 Å². The number of nitriles is 1. The van der Waals surface area contributed by atoms with Crippen molar-refractivity contribution in [3.8, 4) is 17.6 Å². The molecule has 0 unspecified atom stereocenters. The number of aryl methyl sites for hydroxylation is 1. The minimum atomic E-state index is -0.521. The van der Waals surface area contributed by atoms with Crippen molar-refractivity contribution in [2.45, 2.75) is 20.5 Å². The van der Waals surface area contributed by atoms with Gasteiger partial charge in [0.1, 0.15) is 6.61 Å². The second-order valence-electron chi connectivity index (χ2n) is 6.27. The molecule has 3 rings (SSSR count). The quantitative estimate of drug-likeness (QED) is 0.386. The van der Waals surface area contributed by atoms with E-state index in [4.69, 9.17) is 14.0 Å². The van der Waals surface area contributed by atoms with Gasteiger partial charge in [-0.1, -0.05) is 35.5 Å². The standard InChI is InChI=1S/C22H19N3O5/c1-3-28-21-12-16(9-11-20-22(25(26)27)15(2)24-30-20)8-10-19(21)29-14-18-7-5-4-6-17(18)13-23/h4-12H,3,14H2,1-2H3/b11-9-. The van der Waals surface area contributed by atoms with E-state index in [9.17, 15) is 15.4 Å². The van der Waals surface area contributed by atoms with E-state index in [1.807, 2.05) is 19.1 Å². The molecular formula is C22H19N3O5. The fraction of sp³-hybridized carbons (Fsp3) is 0.182. The highest BCUT2D eigenvalue weighted by Gasteiger charge is 2.21. The van der Waals surface area contributed by atoms with Crippen molar-refractivity contribution in [1.82, 2.24) is 5.16 Å². The summed E-state index contributed by atoms with van der Waals surface area (Å²) >= 11 is 0. The molecule has 152 valence electrons. The van der Waals surface area contributed by atoms with Crippen LogP contribution in [0, 0.1) is 28.4 Å². The molecule has 0 atom stereocenters. The Hall–Kier alpha value is -4.12. The van der Waals surface area contributed by atoms with Gasteiger partial charge in [-0.3, -0.25) is 10.1 Å². The molecule has 0 fully saturated rings. The third-order valence-corrected chi connectivity index (χ3v) is 4.26. The van der Waals surface area contributed by atoms with Gasteiger partial charge in [-0.2, -0.15) is 5.26 Å². The Kier molecular flexibility index (Phi) is 6.45. The Bertz CT molecular complexity index is 1130. The maximum Gasteiger partial charge on any atom is 0.338 e. The zero-order chi connectivity index (χ0) is 21.5. The zero-order valence-electron chi connectivity index (χ0n) is 16.5. The van der Waals surface area contributed by atoms with Crippen LogP contribution in [-0.4, -0.2) is 16.7 Å². The maximum atomic E-state index is 11.1. The van der Waals surface area contributed by atoms with Crippen molar-refractivity contribution < 1.29 is 18.9 Å². The predicted molar refractivity (Wildman–Crippen MR) is 110 cm³/mol. The minimum absolute atomic E-state index is 0.0731. The van der Waals surface area contributed by atoms with Gasteiger partial charge in [0.2, 0.25) is 5.76 Å². The number of rotatable bonds is 8. The summed E-state index contributed by atoms with van der Waals surface area (Å²) in [4.78, 5) is 10.6. The molecule has 30 heavy (non-hydrogen) atoms. The molecule has 0 bridgehead atoms. The Morgan fingerprint density at radius 1 is 1.20 bits per heavy atom. The first-order chi connectivity index (χ1) is 14.5. The lowest BCUT2D eigenvalue weighted by molar-refractivity contribution is -0.386. The molecule has 2 aromatic carbocycles. The molecule has 0 aliphatic rings. The fourth-order valence-corrected chi connectivity index (χ4v) is 2.81. The summed E-state index contributed by atoms with van der Waals surface area (Å²) < 4.78 is 16.6. The molecule has 8 nitrogen and oxygen atoms in total. The van der Waals surface area contributed by atoms with E-state index in [0.29, 0.717) is 23.7 Å². The molecule has 0 N–H and O–H groups in total. The van der Waals surface area contributed by atoms with Crippen molar-refractivity contribution in [3.05, 3.63) is 80.7 Å². The van der Waals surface area contributed by atoms with E-state index in [0.717, 1.165) is 11.1 Å². The van der Waals surface area contributed by atoms with Gasteiger partial charge in [0.05, 0.1) is 23.2 Å². The summed E-state index contributed by atoms with van der Waals surface area (Å²) in [6.07, 6.45) is 3.16. The first-order valence-corrected chi connectivity index (χ1v) is 9.19. The topological polar surface area (TPSA) is 111 Å². The molecule has 0 aliphatic heterocycles. The zero-order valence-corrected chi connectivity index (χ0v) is 16.5. The third-order valence-electron chi connectivity index (χ3n) is 4.26. The SMILES string of the molecule is CCOc1cc(/C=C\c2onc(C)c2[N+](=O)[O-])ccc1OCc1ccccc1C#N. The Morgan fingerprint density at radius 3 is 2.73 bits per heavy atom. The van der Waals surface area contributed by atoms with E-state index in [-0.39, 0.29) is 23.7 Å². The summed E-state index contributed by atoms with van der Waals surface area (Å²) in [5, 5.41) is 24.0. The van der Waals surface area contributed by atoms with E-state index < -0.39 is 4.92 Å². The molecule has 1 heterocycles. The first-order valence-electron chi connectivity index (χ1n) is 9.19. The molecule has 1 aromatic heterocycles. The van der Waals surface area contributed by atoms with Crippen molar-refractivity contribution in [2.24, 2.45) is 0 Å². The van der Waals surface area contributed by atoms with Crippen LogP contribution in [-0.2, 0) is 6.61 Å². The predicted octanol–water partition coefficient (Wildman–Crippen LogP) is 4.91. The number of benzene rings is 2. The summed E-state index contributed by atoms with van der Waals surface area (Å²) in [5.74, 6) is 1.13. The van der Waals surface area contributed by atoms with E-state index in [1.165, 1.54) is 13.0 Å². The van der Waals surface area contributed by atoms with Gasteiger partial charge >= 0.3 is 5.69 Å². The number of ether oxygens (including phenoxy) is 2. The van der Waals surface area contributed by atoms with E-state index >= 15 is 0 Å². The normalized spacial score (nSPS) is 10.7. The number of nitro groups is 1. The van der Waals surface area contributed by atoms with Crippen LogP contribution in [0.5, 0.6) is 11.5 Å². The second kappa shape index (κ2) is 9.39. The third kappa shape index (κ3) is 4.64. The number of nitrogens with zero attached hydrogens (tertiary/aromatic N) is 3. The largest absolute Gasteiger partial charge is 0.490 e. The molecule has 0 aliphatic carbocycles. The van der Waals surface area contributed by atoms with Crippen LogP contribution in [0.25, 0.3) is 12.2 Å². The van der Waals surface area contributed by atoms with E-state index in [2.05, 4.69) is 11.2 Å². The van der Waals surface area contributed by atoms with Crippen LogP contribution in [0.1, 0.15) is 35.1 Å². The lowest BCUT2D eigenvalue weighted by Gasteiger charge is -2.13. The molecule has 0 saturated carbocycles. The van der Waals surface area contributed by atoms with Gasteiger partial charge < -0.3 is 14.0 Å².